The zero-order valence-corrected chi connectivity index (χ0v) is 13.7. The van der Waals surface area contributed by atoms with Gasteiger partial charge in [-0.15, -0.1) is 0 Å². The minimum absolute atomic E-state index is 0.0372. The fourth-order valence-electron chi connectivity index (χ4n) is 3.86. The number of hydrogen-bond acceptors (Lipinski definition) is 2. The third-order valence-corrected chi connectivity index (χ3v) is 5.09. The molecule has 23 heavy (non-hydrogen) atoms. The highest BCUT2D eigenvalue weighted by molar-refractivity contribution is 5.82. The van der Waals surface area contributed by atoms with Crippen LogP contribution in [0.4, 0.5) is 4.39 Å². The Labute approximate surface area is 136 Å². The van der Waals surface area contributed by atoms with E-state index >= 15 is 0 Å². The van der Waals surface area contributed by atoms with Gasteiger partial charge in [-0.05, 0) is 74.3 Å². The lowest BCUT2D eigenvalue weighted by Gasteiger charge is -2.33. The number of amides is 1. The lowest BCUT2D eigenvalue weighted by Crippen LogP contribution is -2.38. The van der Waals surface area contributed by atoms with Gasteiger partial charge in [0.2, 0.25) is 5.91 Å². The lowest BCUT2D eigenvalue weighted by atomic mass is 9.75. The van der Waals surface area contributed by atoms with Crippen molar-refractivity contribution in [3.63, 3.8) is 0 Å². The Morgan fingerprint density at radius 1 is 1.26 bits per heavy atom. The molecule has 1 amide bonds. The highest BCUT2D eigenvalue weighted by atomic mass is 19.1. The molecule has 1 fully saturated rings. The zero-order chi connectivity index (χ0) is 16.4. The Balaban J connectivity index is 1.75. The second-order valence-corrected chi connectivity index (χ2v) is 6.66. The zero-order valence-electron chi connectivity index (χ0n) is 13.7. The quantitative estimate of drug-likeness (QED) is 0.924. The Bertz CT molecular complexity index is 708. The lowest BCUT2D eigenvalue weighted by molar-refractivity contribution is -0.120. The summed E-state index contributed by atoms with van der Waals surface area (Å²) in [5, 5.41) is 3.94. The maximum atomic E-state index is 13.6. The van der Waals surface area contributed by atoms with E-state index in [0.29, 0.717) is 11.8 Å². The van der Waals surface area contributed by atoms with Crippen molar-refractivity contribution in [3.8, 4) is 0 Å². The van der Waals surface area contributed by atoms with E-state index in [2.05, 4.69) is 17.2 Å². The number of fused-ring (bicyclic) bond motifs is 1. The van der Waals surface area contributed by atoms with Gasteiger partial charge in [0.15, 0.2) is 0 Å². The van der Waals surface area contributed by atoms with Crippen molar-refractivity contribution in [2.24, 2.45) is 5.92 Å². The van der Waals surface area contributed by atoms with E-state index in [1.807, 2.05) is 12.3 Å². The van der Waals surface area contributed by atoms with Crippen LogP contribution in [0.2, 0.25) is 0 Å². The van der Waals surface area contributed by atoms with Crippen molar-refractivity contribution in [2.45, 2.75) is 51.5 Å². The first-order chi connectivity index (χ1) is 11.0. The summed E-state index contributed by atoms with van der Waals surface area (Å²) >= 11 is 0. The molecule has 4 heteroatoms. The van der Waals surface area contributed by atoms with E-state index in [1.54, 1.807) is 19.1 Å². The molecular formula is C19H23FN2O. The van der Waals surface area contributed by atoms with Crippen LogP contribution in [0.15, 0.2) is 30.5 Å². The summed E-state index contributed by atoms with van der Waals surface area (Å²) in [5.41, 5.74) is 2.07. The number of carbonyl (C=O) groups is 1. The number of aromatic nitrogens is 1. The van der Waals surface area contributed by atoms with Crippen LogP contribution in [0, 0.1) is 11.7 Å². The molecule has 0 bridgehead atoms. The van der Waals surface area contributed by atoms with Gasteiger partial charge >= 0.3 is 0 Å². The van der Waals surface area contributed by atoms with Gasteiger partial charge in [0.25, 0.3) is 0 Å². The van der Waals surface area contributed by atoms with Crippen molar-refractivity contribution in [1.29, 1.82) is 0 Å². The van der Waals surface area contributed by atoms with Gasteiger partial charge < -0.3 is 5.32 Å². The van der Waals surface area contributed by atoms with E-state index in [9.17, 15) is 9.18 Å². The topological polar surface area (TPSA) is 42.0 Å². The van der Waals surface area contributed by atoms with Crippen molar-refractivity contribution in [3.05, 3.63) is 41.8 Å². The molecule has 1 heterocycles. The Morgan fingerprint density at radius 3 is 2.70 bits per heavy atom. The molecule has 1 saturated carbocycles. The number of hydrogen-bond donors (Lipinski definition) is 1. The Hall–Kier alpha value is -1.97. The van der Waals surface area contributed by atoms with Crippen LogP contribution >= 0.6 is 0 Å². The van der Waals surface area contributed by atoms with E-state index in [4.69, 9.17) is 0 Å². The molecule has 1 aromatic carbocycles. The normalized spacial score (nSPS) is 22.7. The number of nitrogens with one attached hydrogen (secondary N) is 1. The van der Waals surface area contributed by atoms with Gasteiger partial charge in [-0.2, -0.15) is 0 Å². The van der Waals surface area contributed by atoms with Gasteiger partial charge in [0.05, 0.1) is 5.52 Å². The summed E-state index contributed by atoms with van der Waals surface area (Å²) in [6.45, 7) is 3.66. The fourth-order valence-corrected chi connectivity index (χ4v) is 3.86. The van der Waals surface area contributed by atoms with Gasteiger partial charge in [-0.1, -0.05) is 0 Å². The standard InChI is InChI=1S/C19H23FN2O/c1-12(22-13(2)23)14-3-5-15(6-4-14)17-9-10-21-19-8-7-16(20)11-18(17)19/h7-12,14-15H,3-6H2,1-2H3,(H,22,23)/t12-,14-,15+/m1/s1. The summed E-state index contributed by atoms with van der Waals surface area (Å²) in [7, 11) is 0. The summed E-state index contributed by atoms with van der Waals surface area (Å²) in [6.07, 6.45) is 6.15. The number of rotatable bonds is 3. The van der Waals surface area contributed by atoms with Gasteiger partial charge in [-0.3, -0.25) is 9.78 Å². The monoisotopic (exact) mass is 314 g/mol. The molecule has 0 unspecified atom stereocenters. The summed E-state index contributed by atoms with van der Waals surface area (Å²) < 4.78 is 13.6. The number of pyridine rings is 1. The van der Waals surface area contributed by atoms with E-state index in [1.165, 1.54) is 11.6 Å². The third kappa shape index (κ3) is 3.52. The molecule has 1 atom stereocenters. The van der Waals surface area contributed by atoms with Crippen LogP contribution in [-0.2, 0) is 4.79 Å². The minimum atomic E-state index is -0.209. The highest BCUT2D eigenvalue weighted by Gasteiger charge is 2.27. The number of carbonyl (C=O) groups excluding carboxylic acids is 1. The molecule has 1 aliphatic rings. The third-order valence-electron chi connectivity index (χ3n) is 5.09. The van der Waals surface area contributed by atoms with Crippen LogP contribution in [0.3, 0.4) is 0 Å². The molecule has 2 aromatic rings. The van der Waals surface area contributed by atoms with Crippen LogP contribution in [0.1, 0.15) is 51.0 Å². The molecule has 0 saturated heterocycles. The molecule has 0 spiro atoms. The summed E-state index contributed by atoms with van der Waals surface area (Å²) in [4.78, 5) is 15.5. The van der Waals surface area contributed by atoms with Gasteiger partial charge in [0, 0.05) is 24.5 Å². The van der Waals surface area contributed by atoms with E-state index in [-0.39, 0.29) is 17.8 Å². The SMILES string of the molecule is CC(=O)N[C@H](C)[C@H]1CC[C@@H](c2ccnc3ccc(F)cc32)CC1. The Kier molecular flexibility index (Phi) is 4.60. The predicted molar refractivity (Wildman–Crippen MR) is 89.7 cm³/mol. The van der Waals surface area contributed by atoms with E-state index in [0.717, 1.165) is 36.6 Å². The first-order valence-corrected chi connectivity index (χ1v) is 8.36. The maximum Gasteiger partial charge on any atom is 0.217 e. The second kappa shape index (κ2) is 6.65. The second-order valence-electron chi connectivity index (χ2n) is 6.66. The largest absolute Gasteiger partial charge is 0.354 e. The number of halogens is 1. The first kappa shape index (κ1) is 15.9. The average Bonchev–Trinajstić information content (AvgIpc) is 2.54. The smallest absolute Gasteiger partial charge is 0.217 e. The first-order valence-electron chi connectivity index (χ1n) is 8.36. The van der Waals surface area contributed by atoms with Crippen molar-refractivity contribution in [2.75, 3.05) is 0 Å². The van der Waals surface area contributed by atoms with Crippen molar-refractivity contribution < 1.29 is 9.18 Å². The molecule has 3 nitrogen and oxygen atoms in total. The van der Waals surface area contributed by atoms with Crippen LogP contribution in [-0.4, -0.2) is 16.9 Å². The minimum Gasteiger partial charge on any atom is -0.354 e. The fraction of sp³-hybridized carbons (Fsp3) is 0.474. The van der Waals surface area contributed by atoms with Crippen LogP contribution in [0.25, 0.3) is 10.9 Å². The Morgan fingerprint density at radius 2 is 2.00 bits per heavy atom. The molecular weight excluding hydrogens is 291 g/mol. The van der Waals surface area contributed by atoms with Crippen molar-refractivity contribution in [1.82, 2.24) is 10.3 Å². The van der Waals surface area contributed by atoms with E-state index < -0.39 is 0 Å². The average molecular weight is 314 g/mol. The highest BCUT2D eigenvalue weighted by Crippen LogP contribution is 2.39. The molecule has 3 rings (SSSR count). The molecule has 1 aliphatic carbocycles. The summed E-state index contributed by atoms with van der Waals surface area (Å²) in [5.74, 6) is 0.804. The van der Waals surface area contributed by atoms with Crippen molar-refractivity contribution >= 4 is 16.8 Å². The molecule has 122 valence electrons. The van der Waals surface area contributed by atoms with Gasteiger partial charge in [-0.25, -0.2) is 4.39 Å². The summed E-state index contributed by atoms with van der Waals surface area (Å²) in [6, 6.07) is 7.07. The van der Waals surface area contributed by atoms with Crippen LogP contribution in [0.5, 0.6) is 0 Å². The molecule has 1 N–H and O–H groups in total. The van der Waals surface area contributed by atoms with Crippen LogP contribution < -0.4 is 5.32 Å². The number of nitrogens with zero attached hydrogens (tertiary/aromatic N) is 1. The molecule has 1 aromatic heterocycles. The maximum absolute atomic E-state index is 13.6. The van der Waals surface area contributed by atoms with Gasteiger partial charge in [0.1, 0.15) is 5.82 Å². The number of benzene rings is 1. The molecule has 0 radical (unpaired) electrons. The predicted octanol–water partition coefficient (Wildman–Crippen LogP) is 4.17. The molecule has 0 aliphatic heterocycles.